The van der Waals surface area contributed by atoms with Crippen LogP contribution in [0.25, 0.3) is 0 Å². The lowest BCUT2D eigenvalue weighted by atomic mass is 10.1. The van der Waals surface area contributed by atoms with E-state index in [-0.39, 0.29) is 0 Å². The zero-order valence-electron chi connectivity index (χ0n) is 6.34. The molecule has 62 valence electrons. The molecule has 1 aromatic carbocycles. The molecule has 0 aromatic heterocycles. The SMILES string of the molecule is O=C1CCSc2cccc(I)c21. The fraction of sp³-hybridized carbons (Fsp3) is 0.222. The summed E-state index contributed by atoms with van der Waals surface area (Å²) in [6, 6.07) is 6.02. The Morgan fingerprint density at radius 2 is 2.25 bits per heavy atom. The second kappa shape index (κ2) is 3.38. The number of hydrogen-bond acceptors (Lipinski definition) is 2. The Labute approximate surface area is 89.1 Å². The fourth-order valence-electron chi connectivity index (χ4n) is 1.27. The first-order valence-corrected chi connectivity index (χ1v) is 5.80. The lowest BCUT2D eigenvalue weighted by Gasteiger charge is -2.14. The Morgan fingerprint density at radius 1 is 1.42 bits per heavy atom. The molecule has 1 aromatic rings. The molecule has 2 rings (SSSR count). The predicted octanol–water partition coefficient (Wildman–Crippen LogP) is 2.97. The minimum Gasteiger partial charge on any atom is -0.294 e. The first-order chi connectivity index (χ1) is 5.79. The summed E-state index contributed by atoms with van der Waals surface area (Å²) in [5.74, 6) is 1.24. The minimum atomic E-state index is 0.300. The first-order valence-electron chi connectivity index (χ1n) is 3.73. The molecule has 0 saturated carbocycles. The van der Waals surface area contributed by atoms with E-state index in [1.165, 1.54) is 0 Å². The highest BCUT2D eigenvalue weighted by molar-refractivity contribution is 14.1. The van der Waals surface area contributed by atoms with Gasteiger partial charge in [-0.2, -0.15) is 0 Å². The monoisotopic (exact) mass is 290 g/mol. The van der Waals surface area contributed by atoms with Crippen molar-refractivity contribution in [1.82, 2.24) is 0 Å². The van der Waals surface area contributed by atoms with E-state index in [0.29, 0.717) is 12.2 Å². The van der Waals surface area contributed by atoms with Crippen LogP contribution in [0.4, 0.5) is 0 Å². The number of fused-ring (bicyclic) bond motifs is 1. The van der Waals surface area contributed by atoms with Gasteiger partial charge in [-0.3, -0.25) is 4.79 Å². The number of ketones is 1. The molecule has 1 heterocycles. The maximum Gasteiger partial charge on any atom is 0.165 e. The summed E-state index contributed by atoms with van der Waals surface area (Å²) < 4.78 is 1.09. The summed E-state index contributed by atoms with van der Waals surface area (Å²) in [6.45, 7) is 0. The Bertz CT molecular complexity index is 335. The van der Waals surface area contributed by atoms with Crippen molar-refractivity contribution in [2.75, 3.05) is 5.75 Å². The van der Waals surface area contributed by atoms with Gasteiger partial charge >= 0.3 is 0 Å². The van der Waals surface area contributed by atoms with Crippen molar-refractivity contribution in [2.45, 2.75) is 11.3 Å². The third-order valence-corrected chi connectivity index (χ3v) is 3.80. The molecule has 0 unspecified atom stereocenters. The summed E-state index contributed by atoms with van der Waals surface area (Å²) in [7, 11) is 0. The van der Waals surface area contributed by atoms with Gasteiger partial charge in [0.1, 0.15) is 0 Å². The molecule has 0 bridgehead atoms. The summed E-state index contributed by atoms with van der Waals surface area (Å²) in [6.07, 6.45) is 0.692. The molecule has 0 aliphatic carbocycles. The van der Waals surface area contributed by atoms with Crippen LogP contribution in [0.2, 0.25) is 0 Å². The number of Topliss-reactive ketones (excluding diaryl/α,β-unsaturated/α-hetero) is 1. The summed E-state index contributed by atoms with van der Waals surface area (Å²) in [4.78, 5) is 12.6. The summed E-state index contributed by atoms with van der Waals surface area (Å²) in [5.41, 5.74) is 0.939. The van der Waals surface area contributed by atoms with Crippen LogP contribution in [0.5, 0.6) is 0 Å². The Hall–Kier alpha value is -0.0300. The minimum absolute atomic E-state index is 0.300. The molecule has 1 nitrogen and oxygen atoms in total. The van der Waals surface area contributed by atoms with Gasteiger partial charge in [0.05, 0.1) is 0 Å². The van der Waals surface area contributed by atoms with Gasteiger partial charge in [-0.05, 0) is 34.7 Å². The maximum atomic E-state index is 11.5. The van der Waals surface area contributed by atoms with E-state index in [1.54, 1.807) is 11.8 Å². The van der Waals surface area contributed by atoms with Crippen molar-refractivity contribution < 1.29 is 4.79 Å². The van der Waals surface area contributed by atoms with E-state index in [4.69, 9.17) is 0 Å². The largest absolute Gasteiger partial charge is 0.294 e. The van der Waals surface area contributed by atoms with E-state index < -0.39 is 0 Å². The molecular formula is C9H7IOS. The van der Waals surface area contributed by atoms with Crippen LogP contribution in [0, 0.1) is 3.57 Å². The number of halogens is 1. The van der Waals surface area contributed by atoms with Crippen LogP contribution in [0.3, 0.4) is 0 Å². The average molecular weight is 290 g/mol. The smallest absolute Gasteiger partial charge is 0.165 e. The molecule has 0 atom stereocenters. The van der Waals surface area contributed by atoms with Crippen LogP contribution >= 0.6 is 34.4 Å². The van der Waals surface area contributed by atoms with Crippen LogP contribution in [0.15, 0.2) is 23.1 Å². The van der Waals surface area contributed by atoms with Crippen molar-refractivity contribution in [2.24, 2.45) is 0 Å². The Balaban J connectivity index is 2.60. The van der Waals surface area contributed by atoms with Crippen molar-refractivity contribution in [1.29, 1.82) is 0 Å². The molecule has 1 aliphatic heterocycles. The van der Waals surface area contributed by atoms with Gasteiger partial charge in [-0.25, -0.2) is 0 Å². The zero-order valence-corrected chi connectivity index (χ0v) is 9.31. The fourth-order valence-corrected chi connectivity index (χ4v) is 3.31. The van der Waals surface area contributed by atoms with Gasteiger partial charge in [-0.15, -0.1) is 11.8 Å². The lowest BCUT2D eigenvalue weighted by molar-refractivity contribution is 0.0984. The number of thioether (sulfide) groups is 1. The highest BCUT2D eigenvalue weighted by Crippen LogP contribution is 2.32. The number of benzene rings is 1. The Kier molecular flexibility index (Phi) is 2.41. The van der Waals surface area contributed by atoms with Gasteiger partial charge in [0, 0.05) is 26.2 Å². The third-order valence-electron chi connectivity index (χ3n) is 1.84. The molecule has 0 saturated heterocycles. The number of carbonyl (C=O) groups excluding carboxylic acids is 1. The van der Waals surface area contributed by atoms with Gasteiger partial charge in [0.15, 0.2) is 5.78 Å². The molecule has 0 radical (unpaired) electrons. The standard InChI is InChI=1S/C9H7IOS/c10-6-2-1-3-8-9(6)7(11)4-5-12-8/h1-3H,4-5H2. The maximum absolute atomic E-state index is 11.5. The normalized spacial score (nSPS) is 15.9. The summed E-state index contributed by atoms with van der Waals surface area (Å²) >= 11 is 4.01. The lowest BCUT2D eigenvalue weighted by Crippen LogP contribution is -2.09. The highest BCUT2D eigenvalue weighted by Gasteiger charge is 2.19. The van der Waals surface area contributed by atoms with Crippen molar-refractivity contribution in [3.8, 4) is 0 Å². The predicted molar refractivity (Wildman–Crippen MR) is 58.8 cm³/mol. The topological polar surface area (TPSA) is 17.1 Å². The van der Waals surface area contributed by atoms with E-state index in [2.05, 4.69) is 22.6 Å². The third kappa shape index (κ3) is 1.40. The van der Waals surface area contributed by atoms with Crippen LogP contribution < -0.4 is 0 Å². The molecule has 0 N–H and O–H groups in total. The average Bonchev–Trinajstić information content (AvgIpc) is 2.04. The van der Waals surface area contributed by atoms with Crippen molar-refractivity contribution in [3.05, 3.63) is 27.3 Å². The molecule has 0 amide bonds. The second-order valence-corrected chi connectivity index (χ2v) is 4.93. The molecule has 3 heteroatoms. The van der Waals surface area contributed by atoms with Crippen molar-refractivity contribution >= 4 is 40.1 Å². The quantitative estimate of drug-likeness (QED) is 0.683. The van der Waals surface area contributed by atoms with E-state index in [9.17, 15) is 4.79 Å². The van der Waals surface area contributed by atoms with Gasteiger partial charge in [0.2, 0.25) is 0 Å². The second-order valence-electron chi connectivity index (χ2n) is 2.63. The van der Waals surface area contributed by atoms with Crippen LogP contribution in [-0.4, -0.2) is 11.5 Å². The first kappa shape index (κ1) is 8.56. The highest BCUT2D eigenvalue weighted by atomic mass is 127. The van der Waals surface area contributed by atoms with E-state index in [0.717, 1.165) is 19.8 Å². The molecule has 1 aliphatic rings. The molecule has 0 spiro atoms. The number of hydrogen-bond donors (Lipinski definition) is 0. The van der Waals surface area contributed by atoms with Gasteiger partial charge in [0.25, 0.3) is 0 Å². The zero-order chi connectivity index (χ0) is 8.55. The van der Waals surface area contributed by atoms with Crippen LogP contribution in [0.1, 0.15) is 16.8 Å². The molecule has 12 heavy (non-hydrogen) atoms. The molecular weight excluding hydrogens is 283 g/mol. The van der Waals surface area contributed by atoms with Gasteiger partial charge in [-0.1, -0.05) is 6.07 Å². The van der Waals surface area contributed by atoms with E-state index in [1.807, 2.05) is 18.2 Å². The number of rotatable bonds is 0. The molecule has 0 fully saturated rings. The number of carbonyl (C=O) groups is 1. The van der Waals surface area contributed by atoms with Crippen LogP contribution in [-0.2, 0) is 0 Å². The van der Waals surface area contributed by atoms with Gasteiger partial charge < -0.3 is 0 Å². The van der Waals surface area contributed by atoms with E-state index >= 15 is 0 Å². The summed E-state index contributed by atoms with van der Waals surface area (Å²) in [5, 5.41) is 0. The Morgan fingerprint density at radius 3 is 3.00 bits per heavy atom. The van der Waals surface area contributed by atoms with Crippen molar-refractivity contribution in [3.63, 3.8) is 0 Å².